The van der Waals surface area contributed by atoms with E-state index in [0.717, 1.165) is 11.1 Å². The van der Waals surface area contributed by atoms with E-state index in [1.807, 2.05) is 60.7 Å². The second-order valence-corrected chi connectivity index (χ2v) is 7.60. The maximum absolute atomic E-state index is 14.3. The third-order valence-corrected chi connectivity index (χ3v) is 5.50. The Balaban J connectivity index is 1.76. The summed E-state index contributed by atoms with van der Waals surface area (Å²) >= 11 is 0. The van der Waals surface area contributed by atoms with E-state index in [0.29, 0.717) is 12.8 Å². The first-order chi connectivity index (χ1) is 15.1. The Kier molecular flexibility index (Phi) is 8.27. The van der Waals surface area contributed by atoms with Gasteiger partial charge in [0.1, 0.15) is 13.3 Å². The molecule has 1 saturated heterocycles. The van der Waals surface area contributed by atoms with Crippen LogP contribution in [0, 0.1) is 0 Å². The standard InChI is InChI=1S/C23H27FN4O3/c1-17-20(26-27-25)12-13-22(31-17)21(14-24)28(15-18-8-4-2-5-9-18)23(29)30-16-19-10-6-3-7-11-19/h2-11,17,20-22H,12-16H2,1H3. The molecule has 164 valence electrons. The molecule has 0 aliphatic carbocycles. The third-order valence-electron chi connectivity index (χ3n) is 5.50. The number of amides is 1. The second kappa shape index (κ2) is 11.3. The van der Waals surface area contributed by atoms with Crippen molar-refractivity contribution in [3.05, 3.63) is 82.2 Å². The maximum Gasteiger partial charge on any atom is 0.410 e. The highest BCUT2D eigenvalue weighted by molar-refractivity contribution is 5.68. The molecule has 1 fully saturated rings. The normalized spacial score (nSPS) is 21.5. The van der Waals surface area contributed by atoms with Crippen LogP contribution >= 0.6 is 0 Å². The molecule has 1 aliphatic rings. The van der Waals surface area contributed by atoms with Gasteiger partial charge in [-0.25, -0.2) is 9.18 Å². The number of ether oxygens (including phenoxy) is 2. The molecular weight excluding hydrogens is 399 g/mol. The summed E-state index contributed by atoms with van der Waals surface area (Å²) in [5, 5.41) is 3.75. The van der Waals surface area contributed by atoms with Crippen molar-refractivity contribution >= 4 is 6.09 Å². The fourth-order valence-corrected chi connectivity index (χ4v) is 3.79. The number of carbonyl (C=O) groups excluding carboxylic acids is 1. The first-order valence-electron chi connectivity index (χ1n) is 10.4. The Morgan fingerprint density at radius 1 is 1.19 bits per heavy atom. The number of benzene rings is 2. The van der Waals surface area contributed by atoms with Gasteiger partial charge in [0.05, 0.1) is 24.3 Å². The van der Waals surface area contributed by atoms with E-state index < -0.39 is 24.9 Å². The Labute approximate surface area is 181 Å². The van der Waals surface area contributed by atoms with Crippen molar-refractivity contribution in [3.8, 4) is 0 Å². The van der Waals surface area contributed by atoms with Crippen LogP contribution in [0.2, 0.25) is 0 Å². The minimum Gasteiger partial charge on any atom is -0.445 e. The van der Waals surface area contributed by atoms with Gasteiger partial charge in [-0.1, -0.05) is 65.8 Å². The topological polar surface area (TPSA) is 87.5 Å². The summed E-state index contributed by atoms with van der Waals surface area (Å²) in [5.74, 6) is 0. The van der Waals surface area contributed by atoms with E-state index in [4.69, 9.17) is 15.0 Å². The van der Waals surface area contributed by atoms with Crippen molar-refractivity contribution in [1.82, 2.24) is 4.90 Å². The van der Waals surface area contributed by atoms with Crippen molar-refractivity contribution in [2.75, 3.05) is 6.67 Å². The molecule has 1 aliphatic heterocycles. The number of alkyl halides is 1. The van der Waals surface area contributed by atoms with Crippen LogP contribution in [0.5, 0.6) is 0 Å². The molecule has 8 heteroatoms. The molecule has 1 amide bonds. The number of nitrogens with zero attached hydrogens (tertiary/aromatic N) is 4. The van der Waals surface area contributed by atoms with Crippen molar-refractivity contribution in [2.24, 2.45) is 5.11 Å². The van der Waals surface area contributed by atoms with Gasteiger partial charge in [-0.05, 0) is 36.4 Å². The average Bonchev–Trinajstić information content (AvgIpc) is 2.80. The maximum atomic E-state index is 14.3. The fourth-order valence-electron chi connectivity index (χ4n) is 3.79. The molecular formula is C23H27FN4O3. The van der Waals surface area contributed by atoms with Gasteiger partial charge in [0.2, 0.25) is 0 Å². The summed E-state index contributed by atoms with van der Waals surface area (Å²) in [6.45, 7) is 1.34. The minimum absolute atomic E-state index is 0.102. The fraction of sp³-hybridized carbons (Fsp3) is 0.435. The van der Waals surface area contributed by atoms with Gasteiger partial charge in [0.15, 0.2) is 0 Å². The lowest BCUT2D eigenvalue weighted by Crippen LogP contribution is -2.52. The van der Waals surface area contributed by atoms with Gasteiger partial charge in [-0.3, -0.25) is 4.90 Å². The molecule has 31 heavy (non-hydrogen) atoms. The summed E-state index contributed by atoms with van der Waals surface area (Å²) in [4.78, 5) is 17.3. The molecule has 4 atom stereocenters. The largest absolute Gasteiger partial charge is 0.445 e. The van der Waals surface area contributed by atoms with E-state index in [1.165, 1.54) is 4.90 Å². The molecule has 0 spiro atoms. The highest BCUT2D eigenvalue weighted by Crippen LogP contribution is 2.28. The predicted octanol–water partition coefficient (Wildman–Crippen LogP) is 5.41. The molecule has 0 saturated carbocycles. The number of halogens is 1. The molecule has 2 aromatic carbocycles. The third kappa shape index (κ3) is 6.20. The molecule has 2 aromatic rings. The Hall–Kier alpha value is -3.09. The van der Waals surface area contributed by atoms with Gasteiger partial charge >= 0.3 is 6.09 Å². The summed E-state index contributed by atoms with van der Waals surface area (Å²) < 4.78 is 25.8. The zero-order valence-electron chi connectivity index (χ0n) is 17.5. The molecule has 1 heterocycles. The van der Waals surface area contributed by atoms with Crippen LogP contribution < -0.4 is 0 Å². The highest BCUT2D eigenvalue weighted by Gasteiger charge is 2.38. The van der Waals surface area contributed by atoms with E-state index in [2.05, 4.69) is 10.0 Å². The molecule has 0 aromatic heterocycles. The molecule has 7 nitrogen and oxygen atoms in total. The minimum atomic E-state index is -0.807. The van der Waals surface area contributed by atoms with E-state index in [9.17, 15) is 9.18 Å². The van der Waals surface area contributed by atoms with Crippen molar-refractivity contribution in [2.45, 2.75) is 57.2 Å². The molecule has 0 N–H and O–H groups in total. The summed E-state index contributed by atoms with van der Waals surface area (Å²) in [6.07, 6.45) is -0.408. The Morgan fingerprint density at radius 3 is 2.42 bits per heavy atom. The zero-order valence-corrected chi connectivity index (χ0v) is 17.5. The summed E-state index contributed by atoms with van der Waals surface area (Å²) in [7, 11) is 0. The quantitative estimate of drug-likeness (QED) is 0.321. The zero-order chi connectivity index (χ0) is 22.1. The van der Waals surface area contributed by atoms with Crippen LogP contribution in [0.4, 0.5) is 9.18 Å². The number of rotatable bonds is 8. The van der Waals surface area contributed by atoms with Gasteiger partial charge in [0.25, 0.3) is 0 Å². The van der Waals surface area contributed by atoms with Crippen molar-refractivity contribution in [3.63, 3.8) is 0 Å². The molecule has 0 bridgehead atoms. The van der Waals surface area contributed by atoms with Crippen LogP contribution in [-0.4, -0.2) is 42.0 Å². The van der Waals surface area contributed by atoms with Crippen molar-refractivity contribution in [1.29, 1.82) is 0 Å². The Bertz CT molecular complexity index is 877. The van der Waals surface area contributed by atoms with E-state index in [-0.39, 0.29) is 25.3 Å². The monoisotopic (exact) mass is 426 g/mol. The van der Waals surface area contributed by atoms with Gasteiger partial charge in [-0.15, -0.1) is 0 Å². The van der Waals surface area contributed by atoms with Gasteiger partial charge in [0, 0.05) is 11.5 Å². The SMILES string of the molecule is CC1OC(C(CF)N(Cc2ccccc2)C(=O)OCc2ccccc2)CCC1N=[N+]=[N-]. The first-order valence-corrected chi connectivity index (χ1v) is 10.4. The van der Waals surface area contributed by atoms with Gasteiger partial charge < -0.3 is 9.47 Å². The lowest BCUT2D eigenvalue weighted by molar-refractivity contribution is -0.0929. The van der Waals surface area contributed by atoms with Gasteiger partial charge in [-0.2, -0.15) is 0 Å². The highest BCUT2D eigenvalue weighted by atomic mass is 19.1. The van der Waals surface area contributed by atoms with E-state index >= 15 is 0 Å². The number of hydrogen-bond donors (Lipinski definition) is 0. The number of azide groups is 1. The van der Waals surface area contributed by atoms with Crippen LogP contribution in [0.25, 0.3) is 10.4 Å². The molecule has 0 radical (unpaired) electrons. The number of carbonyl (C=O) groups is 1. The van der Waals surface area contributed by atoms with Crippen LogP contribution in [-0.2, 0) is 22.6 Å². The number of hydrogen-bond acceptors (Lipinski definition) is 4. The lowest BCUT2D eigenvalue weighted by atomic mass is 9.95. The Morgan fingerprint density at radius 2 is 1.84 bits per heavy atom. The van der Waals surface area contributed by atoms with E-state index in [1.54, 1.807) is 6.92 Å². The van der Waals surface area contributed by atoms with Crippen molar-refractivity contribution < 1.29 is 18.7 Å². The molecule has 3 rings (SSSR count). The smallest absolute Gasteiger partial charge is 0.410 e. The first kappa shape index (κ1) is 22.6. The van der Waals surface area contributed by atoms with Crippen LogP contribution in [0.3, 0.4) is 0 Å². The average molecular weight is 426 g/mol. The molecule has 4 unspecified atom stereocenters. The lowest BCUT2D eigenvalue weighted by Gasteiger charge is -2.40. The summed E-state index contributed by atoms with van der Waals surface area (Å²) in [6, 6.07) is 17.6. The van der Waals surface area contributed by atoms with Crippen LogP contribution in [0.15, 0.2) is 65.8 Å². The van der Waals surface area contributed by atoms with Crippen LogP contribution in [0.1, 0.15) is 30.9 Å². The second-order valence-electron chi connectivity index (χ2n) is 7.60. The predicted molar refractivity (Wildman–Crippen MR) is 115 cm³/mol. The summed E-state index contributed by atoms with van der Waals surface area (Å²) in [5.41, 5.74) is 10.4.